The largest absolute Gasteiger partial charge is 0.493 e. The number of methoxy groups -OCH3 is 1. The lowest BCUT2D eigenvalue weighted by Gasteiger charge is -2.17. The lowest BCUT2D eigenvalue weighted by molar-refractivity contribution is -0.140. The molecule has 1 unspecified atom stereocenters. The predicted octanol–water partition coefficient (Wildman–Crippen LogP) is 1.80. The van der Waals surface area contributed by atoms with Gasteiger partial charge in [-0.1, -0.05) is 12.1 Å². The Morgan fingerprint density at radius 2 is 2.16 bits per heavy atom. The molecule has 7 nitrogen and oxygen atoms in total. The Morgan fingerprint density at radius 3 is 2.84 bits per heavy atom. The first kappa shape index (κ1) is 16.6. The third-order valence-corrected chi connectivity index (χ3v) is 4.02. The molecule has 3 heterocycles. The van der Waals surface area contributed by atoms with Crippen molar-refractivity contribution >= 4 is 11.6 Å². The number of aryl methyl sites for hydroxylation is 1. The third-order valence-electron chi connectivity index (χ3n) is 4.02. The van der Waals surface area contributed by atoms with Gasteiger partial charge >= 0.3 is 5.97 Å². The average Bonchev–Trinajstić information content (AvgIpc) is 2.62. The summed E-state index contributed by atoms with van der Waals surface area (Å²) in [4.78, 5) is 33.0. The molecular weight excluding hydrogens is 322 g/mol. The van der Waals surface area contributed by atoms with E-state index < -0.39 is 23.3 Å². The molecule has 128 valence electrons. The number of esters is 1. The number of fused-ring (bicyclic) bond motifs is 1. The number of rotatable bonds is 4. The summed E-state index contributed by atoms with van der Waals surface area (Å²) in [5, 5.41) is 10.4. The number of pyridine rings is 2. The van der Waals surface area contributed by atoms with E-state index in [1.54, 1.807) is 42.9 Å². The molecule has 3 rings (SSSR count). The quantitative estimate of drug-likeness (QED) is 0.729. The van der Waals surface area contributed by atoms with Crippen LogP contribution in [0.1, 0.15) is 29.0 Å². The molecule has 0 aliphatic rings. The minimum absolute atomic E-state index is 0.0431. The maximum atomic E-state index is 13.0. The fourth-order valence-electron chi connectivity index (χ4n) is 2.77. The lowest BCUT2D eigenvalue weighted by Crippen LogP contribution is -2.24. The standard InChI is InChI=1S/C18H17N3O4/c1-11-5-6-14-20-17(23)16(18(24)21(14)10-11)13(8-15(22)25-2)12-4-3-7-19-9-12/h3-7,9-10,13,23H,8H2,1-2H3. The number of carbonyl (C=O) groups excluding carboxylic acids is 1. The molecule has 0 radical (unpaired) electrons. The second-order valence-corrected chi connectivity index (χ2v) is 5.71. The molecule has 0 fully saturated rings. The summed E-state index contributed by atoms with van der Waals surface area (Å²) in [6, 6.07) is 6.89. The SMILES string of the molecule is COC(=O)CC(c1cccnc1)c1c(O)nc2ccc(C)cn2c1=O. The topological polar surface area (TPSA) is 93.8 Å². The van der Waals surface area contributed by atoms with Gasteiger partial charge in [0.1, 0.15) is 5.65 Å². The number of ether oxygens (including phenoxy) is 1. The van der Waals surface area contributed by atoms with Crippen LogP contribution < -0.4 is 5.56 Å². The van der Waals surface area contributed by atoms with Crippen molar-refractivity contribution < 1.29 is 14.6 Å². The predicted molar refractivity (Wildman–Crippen MR) is 90.6 cm³/mol. The first-order chi connectivity index (χ1) is 12.0. The molecule has 25 heavy (non-hydrogen) atoms. The van der Waals surface area contributed by atoms with Crippen LogP contribution in [0.5, 0.6) is 5.88 Å². The molecule has 3 aromatic rings. The monoisotopic (exact) mass is 339 g/mol. The minimum Gasteiger partial charge on any atom is -0.493 e. The maximum absolute atomic E-state index is 13.0. The molecular formula is C18H17N3O4. The first-order valence-corrected chi connectivity index (χ1v) is 7.70. The van der Waals surface area contributed by atoms with Crippen LogP contribution in [0.25, 0.3) is 5.65 Å². The van der Waals surface area contributed by atoms with Gasteiger partial charge < -0.3 is 9.84 Å². The van der Waals surface area contributed by atoms with Crippen LogP contribution in [0, 0.1) is 6.92 Å². The molecule has 0 saturated carbocycles. The third kappa shape index (κ3) is 3.21. The zero-order valence-corrected chi connectivity index (χ0v) is 13.8. The molecule has 0 aromatic carbocycles. The van der Waals surface area contributed by atoms with Gasteiger partial charge in [0.05, 0.1) is 19.1 Å². The van der Waals surface area contributed by atoms with Crippen LogP contribution >= 0.6 is 0 Å². The molecule has 0 spiro atoms. The molecule has 0 amide bonds. The van der Waals surface area contributed by atoms with Crippen molar-refractivity contribution in [2.24, 2.45) is 0 Å². The van der Waals surface area contributed by atoms with Gasteiger partial charge in [0.25, 0.3) is 5.56 Å². The van der Waals surface area contributed by atoms with Gasteiger partial charge in [0.15, 0.2) is 0 Å². The van der Waals surface area contributed by atoms with E-state index in [-0.39, 0.29) is 12.0 Å². The summed E-state index contributed by atoms with van der Waals surface area (Å²) in [5.74, 6) is -1.60. The van der Waals surface area contributed by atoms with Crippen molar-refractivity contribution in [3.8, 4) is 5.88 Å². The number of carbonyl (C=O) groups is 1. The normalized spacial score (nSPS) is 12.1. The summed E-state index contributed by atoms with van der Waals surface area (Å²) in [6.45, 7) is 1.85. The van der Waals surface area contributed by atoms with Gasteiger partial charge in [-0.05, 0) is 30.2 Å². The summed E-state index contributed by atoms with van der Waals surface area (Å²) in [5.41, 5.74) is 1.44. The number of aromatic hydroxyl groups is 1. The molecule has 1 atom stereocenters. The van der Waals surface area contributed by atoms with Crippen LogP contribution in [0.2, 0.25) is 0 Å². The highest BCUT2D eigenvalue weighted by Gasteiger charge is 2.27. The van der Waals surface area contributed by atoms with E-state index in [0.29, 0.717) is 11.2 Å². The van der Waals surface area contributed by atoms with Crippen LogP contribution in [-0.2, 0) is 9.53 Å². The number of nitrogens with zero attached hydrogens (tertiary/aromatic N) is 3. The fourth-order valence-corrected chi connectivity index (χ4v) is 2.77. The van der Waals surface area contributed by atoms with E-state index in [9.17, 15) is 14.7 Å². The van der Waals surface area contributed by atoms with Gasteiger partial charge in [-0.15, -0.1) is 0 Å². The van der Waals surface area contributed by atoms with E-state index in [2.05, 4.69) is 9.97 Å². The van der Waals surface area contributed by atoms with Crippen molar-refractivity contribution in [3.05, 3.63) is 69.9 Å². The molecule has 0 aliphatic heterocycles. The number of hydrogen-bond donors (Lipinski definition) is 1. The summed E-state index contributed by atoms with van der Waals surface area (Å²) in [6.07, 6.45) is 4.68. The Hall–Kier alpha value is -3.22. The van der Waals surface area contributed by atoms with Crippen LogP contribution in [0.4, 0.5) is 0 Å². The Kier molecular flexibility index (Phi) is 4.47. The molecule has 7 heteroatoms. The Bertz CT molecular complexity index is 983. The Labute approximate surface area is 143 Å². The van der Waals surface area contributed by atoms with Gasteiger partial charge in [-0.2, -0.15) is 4.98 Å². The van der Waals surface area contributed by atoms with Gasteiger partial charge in [0, 0.05) is 24.5 Å². The summed E-state index contributed by atoms with van der Waals surface area (Å²) >= 11 is 0. The van der Waals surface area contributed by atoms with E-state index in [4.69, 9.17) is 4.74 Å². The van der Waals surface area contributed by atoms with Crippen LogP contribution in [-0.4, -0.2) is 32.6 Å². The van der Waals surface area contributed by atoms with Crippen molar-refractivity contribution in [3.63, 3.8) is 0 Å². The van der Waals surface area contributed by atoms with Gasteiger partial charge in [-0.3, -0.25) is 19.0 Å². The van der Waals surface area contributed by atoms with Gasteiger partial charge in [0.2, 0.25) is 5.88 Å². The lowest BCUT2D eigenvalue weighted by atomic mass is 9.90. The van der Waals surface area contributed by atoms with E-state index in [0.717, 1.165) is 5.56 Å². The smallest absolute Gasteiger partial charge is 0.306 e. The summed E-state index contributed by atoms with van der Waals surface area (Å²) < 4.78 is 6.11. The number of aromatic nitrogens is 3. The highest BCUT2D eigenvalue weighted by Crippen LogP contribution is 2.30. The highest BCUT2D eigenvalue weighted by atomic mass is 16.5. The van der Waals surface area contributed by atoms with E-state index in [1.165, 1.54) is 11.5 Å². The van der Waals surface area contributed by atoms with Crippen LogP contribution in [0.3, 0.4) is 0 Å². The molecule has 0 aliphatic carbocycles. The Balaban J connectivity index is 2.25. The van der Waals surface area contributed by atoms with E-state index in [1.807, 2.05) is 6.92 Å². The van der Waals surface area contributed by atoms with Gasteiger partial charge in [-0.25, -0.2) is 0 Å². The summed E-state index contributed by atoms with van der Waals surface area (Å²) in [7, 11) is 1.28. The van der Waals surface area contributed by atoms with Crippen molar-refractivity contribution in [2.45, 2.75) is 19.3 Å². The molecule has 1 N–H and O–H groups in total. The maximum Gasteiger partial charge on any atom is 0.306 e. The van der Waals surface area contributed by atoms with Crippen molar-refractivity contribution in [1.29, 1.82) is 0 Å². The highest BCUT2D eigenvalue weighted by molar-refractivity contribution is 5.71. The number of hydrogen-bond acceptors (Lipinski definition) is 6. The second-order valence-electron chi connectivity index (χ2n) is 5.71. The van der Waals surface area contributed by atoms with Crippen molar-refractivity contribution in [2.75, 3.05) is 7.11 Å². The minimum atomic E-state index is -0.710. The van der Waals surface area contributed by atoms with Crippen LogP contribution in [0.15, 0.2) is 47.7 Å². The van der Waals surface area contributed by atoms with E-state index >= 15 is 0 Å². The zero-order valence-electron chi connectivity index (χ0n) is 13.8. The molecule has 0 bridgehead atoms. The molecule has 0 saturated heterocycles. The zero-order chi connectivity index (χ0) is 18.0. The first-order valence-electron chi connectivity index (χ1n) is 7.70. The second kappa shape index (κ2) is 6.72. The Morgan fingerprint density at radius 1 is 1.36 bits per heavy atom. The van der Waals surface area contributed by atoms with Crippen molar-refractivity contribution in [1.82, 2.24) is 14.4 Å². The fraction of sp³-hybridized carbons (Fsp3) is 0.222. The molecule has 3 aromatic heterocycles. The average molecular weight is 339 g/mol.